The smallest absolute Gasteiger partial charge is 0.188 e. The van der Waals surface area contributed by atoms with Gasteiger partial charge in [0.25, 0.3) is 0 Å². The van der Waals surface area contributed by atoms with E-state index in [0.717, 1.165) is 39.1 Å². The van der Waals surface area contributed by atoms with E-state index in [-0.39, 0.29) is 0 Å². The van der Waals surface area contributed by atoms with E-state index in [9.17, 15) is 0 Å². The van der Waals surface area contributed by atoms with Gasteiger partial charge in [0.1, 0.15) is 0 Å². The molecule has 0 fully saturated rings. The van der Waals surface area contributed by atoms with Crippen LogP contribution >= 0.6 is 11.8 Å². The van der Waals surface area contributed by atoms with Gasteiger partial charge in [-0.25, -0.2) is 9.97 Å². The van der Waals surface area contributed by atoms with Gasteiger partial charge >= 0.3 is 0 Å². The molecule has 0 radical (unpaired) electrons. The van der Waals surface area contributed by atoms with Crippen molar-refractivity contribution >= 4 is 11.8 Å². The van der Waals surface area contributed by atoms with Gasteiger partial charge in [-0.05, 0) is 38.0 Å². The zero-order valence-electron chi connectivity index (χ0n) is 11.5. The molecule has 2 rings (SSSR count). The fraction of sp³-hybridized carbons (Fsp3) is 0.357. The summed E-state index contributed by atoms with van der Waals surface area (Å²) in [5.41, 5.74) is 11.0. The molecular weight excluding hydrogens is 256 g/mol. The van der Waals surface area contributed by atoms with E-state index in [0.29, 0.717) is 6.54 Å². The molecule has 0 aromatic carbocycles. The molecule has 2 heterocycles. The highest BCUT2D eigenvalue weighted by Gasteiger charge is 2.07. The lowest BCUT2D eigenvalue weighted by Crippen LogP contribution is -2.04. The van der Waals surface area contributed by atoms with Crippen LogP contribution in [0.3, 0.4) is 0 Å². The van der Waals surface area contributed by atoms with Gasteiger partial charge in [-0.15, -0.1) is 0 Å². The summed E-state index contributed by atoms with van der Waals surface area (Å²) in [4.78, 5) is 13.3. The molecule has 5 heteroatoms. The molecule has 0 atom stereocenters. The summed E-state index contributed by atoms with van der Waals surface area (Å²) in [6.45, 7) is 6.54. The average Bonchev–Trinajstić information content (AvgIpc) is 2.42. The second-order valence-electron chi connectivity index (χ2n) is 4.40. The third kappa shape index (κ3) is 3.30. The van der Waals surface area contributed by atoms with Crippen molar-refractivity contribution in [2.24, 2.45) is 5.73 Å². The molecule has 19 heavy (non-hydrogen) atoms. The van der Waals surface area contributed by atoms with Gasteiger partial charge in [-0.3, -0.25) is 4.98 Å². The van der Waals surface area contributed by atoms with Crippen molar-refractivity contribution < 1.29 is 0 Å². The second kappa shape index (κ2) is 6.12. The Hall–Kier alpha value is -1.46. The molecule has 100 valence electrons. The van der Waals surface area contributed by atoms with E-state index in [2.05, 4.69) is 21.0 Å². The maximum Gasteiger partial charge on any atom is 0.188 e. The lowest BCUT2D eigenvalue weighted by molar-refractivity contribution is 0.879. The van der Waals surface area contributed by atoms with Crippen LogP contribution in [0.5, 0.6) is 0 Å². The average molecular weight is 274 g/mol. The summed E-state index contributed by atoms with van der Waals surface area (Å²) in [6, 6.07) is 3.98. The summed E-state index contributed by atoms with van der Waals surface area (Å²) < 4.78 is 0. The van der Waals surface area contributed by atoms with E-state index in [1.54, 1.807) is 18.0 Å². The van der Waals surface area contributed by atoms with Gasteiger partial charge in [0, 0.05) is 29.9 Å². The standard InChI is InChI=1S/C14H18N4S/c1-9-10(2)17-14(18-11(9)3)19-8-12-5-4-6-16-13(12)7-15/h4-6H,7-8,15H2,1-3H3. The van der Waals surface area contributed by atoms with Crippen molar-refractivity contribution in [3.63, 3.8) is 0 Å². The van der Waals surface area contributed by atoms with E-state index >= 15 is 0 Å². The monoisotopic (exact) mass is 274 g/mol. The van der Waals surface area contributed by atoms with Gasteiger partial charge < -0.3 is 5.73 Å². The number of thioether (sulfide) groups is 1. The molecule has 2 N–H and O–H groups in total. The van der Waals surface area contributed by atoms with Gasteiger partial charge in [-0.1, -0.05) is 17.8 Å². The Morgan fingerprint density at radius 1 is 1.16 bits per heavy atom. The summed E-state index contributed by atoms with van der Waals surface area (Å²) in [7, 11) is 0. The Balaban J connectivity index is 2.15. The van der Waals surface area contributed by atoms with Crippen LogP contribution in [0.4, 0.5) is 0 Å². The topological polar surface area (TPSA) is 64.7 Å². The molecule has 0 aliphatic rings. The largest absolute Gasteiger partial charge is 0.325 e. The number of hydrogen-bond acceptors (Lipinski definition) is 5. The Labute approximate surface area is 117 Å². The lowest BCUT2D eigenvalue weighted by atomic mass is 10.2. The molecule has 0 aliphatic carbocycles. The summed E-state index contributed by atoms with van der Waals surface area (Å²) in [5, 5.41) is 0.812. The van der Waals surface area contributed by atoms with Crippen LogP contribution < -0.4 is 5.73 Å². The van der Waals surface area contributed by atoms with Crippen molar-refractivity contribution in [1.29, 1.82) is 0 Å². The number of hydrogen-bond donors (Lipinski definition) is 1. The predicted molar refractivity (Wildman–Crippen MR) is 77.9 cm³/mol. The molecule has 0 spiro atoms. The first-order valence-corrected chi connectivity index (χ1v) is 7.18. The summed E-state index contributed by atoms with van der Waals surface area (Å²) >= 11 is 1.62. The van der Waals surface area contributed by atoms with E-state index in [4.69, 9.17) is 5.73 Å². The molecule has 0 saturated carbocycles. The molecule has 0 unspecified atom stereocenters. The maximum absolute atomic E-state index is 5.68. The van der Waals surface area contributed by atoms with Gasteiger partial charge in [-0.2, -0.15) is 0 Å². The molecule has 4 nitrogen and oxygen atoms in total. The van der Waals surface area contributed by atoms with Crippen molar-refractivity contribution in [2.45, 2.75) is 38.2 Å². The SMILES string of the molecule is Cc1nc(SCc2cccnc2CN)nc(C)c1C. The van der Waals surface area contributed by atoms with Crippen LogP contribution in [-0.4, -0.2) is 15.0 Å². The first-order chi connectivity index (χ1) is 9.11. The zero-order chi connectivity index (χ0) is 13.8. The van der Waals surface area contributed by atoms with Crippen LogP contribution in [0.1, 0.15) is 28.2 Å². The number of nitrogens with zero attached hydrogens (tertiary/aromatic N) is 3. The predicted octanol–water partition coefficient (Wildman–Crippen LogP) is 2.55. The molecule has 0 bridgehead atoms. The van der Waals surface area contributed by atoms with Gasteiger partial charge in [0.05, 0.1) is 5.69 Å². The van der Waals surface area contributed by atoms with Crippen LogP contribution in [0, 0.1) is 20.8 Å². The normalized spacial score (nSPS) is 10.7. The third-order valence-corrected chi connectivity index (χ3v) is 4.04. The van der Waals surface area contributed by atoms with Crippen LogP contribution in [0.25, 0.3) is 0 Å². The van der Waals surface area contributed by atoms with Gasteiger partial charge in [0.2, 0.25) is 0 Å². The Kier molecular flexibility index (Phi) is 4.50. The minimum atomic E-state index is 0.462. The third-order valence-electron chi connectivity index (χ3n) is 3.15. The molecule has 2 aromatic heterocycles. The molecular formula is C14H18N4S. The highest BCUT2D eigenvalue weighted by Crippen LogP contribution is 2.22. The number of pyridine rings is 1. The fourth-order valence-electron chi connectivity index (χ4n) is 1.73. The summed E-state index contributed by atoms with van der Waals surface area (Å²) in [5.74, 6) is 0.794. The lowest BCUT2D eigenvalue weighted by Gasteiger charge is -2.08. The fourth-order valence-corrected chi connectivity index (χ4v) is 2.69. The van der Waals surface area contributed by atoms with E-state index in [1.807, 2.05) is 26.8 Å². The number of aryl methyl sites for hydroxylation is 2. The van der Waals surface area contributed by atoms with E-state index in [1.165, 1.54) is 0 Å². The second-order valence-corrected chi connectivity index (χ2v) is 5.35. The molecule has 0 saturated heterocycles. The van der Waals surface area contributed by atoms with Crippen LogP contribution in [-0.2, 0) is 12.3 Å². The minimum Gasteiger partial charge on any atom is -0.325 e. The van der Waals surface area contributed by atoms with Crippen LogP contribution in [0.15, 0.2) is 23.5 Å². The highest BCUT2D eigenvalue weighted by molar-refractivity contribution is 7.98. The number of nitrogens with two attached hydrogens (primary N) is 1. The van der Waals surface area contributed by atoms with Crippen molar-refractivity contribution in [3.8, 4) is 0 Å². The zero-order valence-corrected chi connectivity index (χ0v) is 12.3. The Morgan fingerprint density at radius 2 is 1.84 bits per heavy atom. The molecule has 0 aliphatic heterocycles. The molecule has 0 amide bonds. The van der Waals surface area contributed by atoms with E-state index < -0.39 is 0 Å². The minimum absolute atomic E-state index is 0.462. The first-order valence-electron chi connectivity index (χ1n) is 6.19. The number of rotatable bonds is 4. The summed E-state index contributed by atoms with van der Waals surface area (Å²) in [6.07, 6.45) is 1.77. The molecule has 2 aromatic rings. The number of aromatic nitrogens is 3. The quantitative estimate of drug-likeness (QED) is 0.685. The van der Waals surface area contributed by atoms with Crippen molar-refractivity contribution in [3.05, 3.63) is 46.5 Å². The maximum atomic E-state index is 5.68. The Morgan fingerprint density at radius 3 is 2.47 bits per heavy atom. The van der Waals surface area contributed by atoms with Crippen molar-refractivity contribution in [1.82, 2.24) is 15.0 Å². The van der Waals surface area contributed by atoms with Crippen molar-refractivity contribution in [2.75, 3.05) is 0 Å². The van der Waals surface area contributed by atoms with Gasteiger partial charge in [0.15, 0.2) is 5.16 Å². The van der Waals surface area contributed by atoms with Crippen LogP contribution in [0.2, 0.25) is 0 Å². The Bertz CT molecular complexity index is 560. The first kappa shape index (κ1) is 14.0. The highest BCUT2D eigenvalue weighted by atomic mass is 32.2.